The summed E-state index contributed by atoms with van der Waals surface area (Å²) in [6.07, 6.45) is 1.49. The maximum atomic E-state index is 12.1. The van der Waals surface area contributed by atoms with Crippen molar-refractivity contribution < 1.29 is 17.9 Å². The molecule has 21 heavy (non-hydrogen) atoms. The molecule has 118 valence electrons. The second-order valence-electron chi connectivity index (χ2n) is 6.08. The number of hydrogen-bond donors (Lipinski definition) is 1. The van der Waals surface area contributed by atoms with Crippen LogP contribution in [-0.4, -0.2) is 11.9 Å². The Morgan fingerprint density at radius 2 is 1.76 bits per heavy atom. The van der Waals surface area contributed by atoms with Gasteiger partial charge in [0.15, 0.2) is 0 Å². The van der Waals surface area contributed by atoms with Gasteiger partial charge in [-0.15, -0.1) is 13.2 Å². The van der Waals surface area contributed by atoms with Crippen LogP contribution in [0.3, 0.4) is 0 Å². The van der Waals surface area contributed by atoms with E-state index in [0.29, 0.717) is 6.42 Å². The zero-order chi connectivity index (χ0) is 15.5. The maximum Gasteiger partial charge on any atom is 0.573 e. The highest BCUT2D eigenvalue weighted by Gasteiger charge is 2.32. The van der Waals surface area contributed by atoms with E-state index in [1.165, 1.54) is 18.6 Å². The van der Waals surface area contributed by atoms with Crippen LogP contribution in [-0.2, 0) is 6.42 Å². The quantitative estimate of drug-likeness (QED) is 0.893. The molecule has 0 bridgehead atoms. The molecule has 1 aliphatic rings. The molecule has 2 rings (SSSR count). The summed E-state index contributed by atoms with van der Waals surface area (Å²) in [5, 5.41) is 0. The van der Waals surface area contributed by atoms with Crippen LogP contribution in [0, 0.1) is 5.92 Å². The average molecular weight is 301 g/mol. The highest BCUT2D eigenvalue weighted by atomic mass is 19.4. The zero-order valence-corrected chi connectivity index (χ0v) is 12.2. The number of benzene rings is 1. The maximum absolute atomic E-state index is 12.1. The standard InChI is InChI=1S/C16H22F3NO/c1-2-12-7-9-15(20,10-8-12)11-13-3-5-14(6-4-13)21-16(17,18)19/h3-6,12H,2,7-11,20H2,1H3. The summed E-state index contributed by atoms with van der Waals surface area (Å²) < 4.78 is 40.2. The van der Waals surface area contributed by atoms with E-state index in [4.69, 9.17) is 5.73 Å². The van der Waals surface area contributed by atoms with Crippen LogP contribution < -0.4 is 10.5 Å². The van der Waals surface area contributed by atoms with Gasteiger partial charge in [-0.2, -0.15) is 0 Å². The Bertz CT molecular complexity index is 448. The summed E-state index contributed by atoms with van der Waals surface area (Å²) in [6.45, 7) is 2.20. The minimum Gasteiger partial charge on any atom is -0.406 e. The predicted molar refractivity (Wildman–Crippen MR) is 76.0 cm³/mol. The van der Waals surface area contributed by atoms with Crippen LogP contribution in [0.15, 0.2) is 24.3 Å². The SMILES string of the molecule is CCC1CCC(N)(Cc2ccc(OC(F)(F)F)cc2)CC1. The van der Waals surface area contributed by atoms with E-state index in [9.17, 15) is 13.2 Å². The molecule has 1 aromatic carbocycles. The van der Waals surface area contributed by atoms with Gasteiger partial charge < -0.3 is 10.5 Å². The summed E-state index contributed by atoms with van der Waals surface area (Å²) in [4.78, 5) is 0. The van der Waals surface area contributed by atoms with Gasteiger partial charge in [0.1, 0.15) is 5.75 Å². The van der Waals surface area contributed by atoms with Crippen LogP contribution in [0.1, 0.15) is 44.6 Å². The molecule has 1 saturated carbocycles. The highest BCUT2D eigenvalue weighted by Crippen LogP contribution is 2.34. The molecule has 0 atom stereocenters. The molecule has 2 nitrogen and oxygen atoms in total. The topological polar surface area (TPSA) is 35.2 Å². The number of rotatable bonds is 4. The average Bonchev–Trinajstić information content (AvgIpc) is 2.40. The molecular weight excluding hydrogens is 279 g/mol. The third-order valence-corrected chi connectivity index (χ3v) is 4.39. The summed E-state index contributed by atoms with van der Waals surface area (Å²) >= 11 is 0. The number of halogens is 3. The Morgan fingerprint density at radius 3 is 2.24 bits per heavy atom. The van der Waals surface area contributed by atoms with Gasteiger partial charge in [-0.25, -0.2) is 0 Å². The number of alkyl halides is 3. The smallest absolute Gasteiger partial charge is 0.406 e. The van der Waals surface area contributed by atoms with E-state index in [2.05, 4.69) is 11.7 Å². The first-order valence-electron chi connectivity index (χ1n) is 7.43. The van der Waals surface area contributed by atoms with Gasteiger partial charge in [-0.1, -0.05) is 25.5 Å². The Hall–Kier alpha value is -1.23. The normalized spacial score (nSPS) is 26.6. The van der Waals surface area contributed by atoms with Crippen molar-refractivity contribution in [2.75, 3.05) is 0 Å². The van der Waals surface area contributed by atoms with Crippen LogP contribution in [0.25, 0.3) is 0 Å². The third kappa shape index (κ3) is 4.92. The summed E-state index contributed by atoms with van der Waals surface area (Å²) in [5.74, 6) is 0.580. The molecule has 1 aromatic rings. The molecule has 0 aromatic heterocycles. The number of ether oxygens (including phenoxy) is 1. The second-order valence-corrected chi connectivity index (χ2v) is 6.08. The summed E-state index contributed by atoms with van der Waals surface area (Å²) in [7, 11) is 0. The van der Waals surface area contributed by atoms with Crippen molar-refractivity contribution in [2.24, 2.45) is 11.7 Å². The number of hydrogen-bond acceptors (Lipinski definition) is 2. The summed E-state index contributed by atoms with van der Waals surface area (Å²) in [6, 6.07) is 6.04. The fraction of sp³-hybridized carbons (Fsp3) is 0.625. The molecule has 2 N–H and O–H groups in total. The van der Waals surface area contributed by atoms with Gasteiger partial charge >= 0.3 is 6.36 Å². The largest absolute Gasteiger partial charge is 0.573 e. The van der Waals surface area contributed by atoms with Crippen molar-refractivity contribution >= 4 is 0 Å². The van der Waals surface area contributed by atoms with E-state index in [0.717, 1.165) is 37.2 Å². The van der Waals surface area contributed by atoms with E-state index in [1.807, 2.05) is 0 Å². The van der Waals surface area contributed by atoms with Crippen molar-refractivity contribution in [3.05, 3.63) is 29.8 Å². The molecule has 0 amide bonds. The van der Waals surface area contributed by atoms with Gasteiger partial charge in [-0.05, 0) is 55.7 Å². The van der Waals surface area contributed by atoms with E-state index < -0.39 is 6.36 Å². The van der Waals surface area contributed by atoms with Crippen molar-refractivity contribution in [3.8, 4) is 5.75 Å². The zero-order valence-electron chi connectivity index (χ0n) is 12.2. The lowest BCUT2D eigenvalue weighted by atomic mass is 9.73. The Labute approximate surface area is 123 Å². The van der Waals surface area contributed by atoms with Gasteiger partial charge in [0.25, 0.3) is 0 Å². The minimum absolute atomic E-state index is 0.188. The van der Waals surface area contributed by atoms with Crippen molar-refractivity contribution in [3.63, 3.8) is 0 Å². The van der Waals surface area contributed by atoms with E-state index in [-0.39, 0.29) is 11.3 Å². The van der Waals surface area contributed by atoms with Gasteiger partial charge in [0, 0.05) is 5.54 Å². The van der Waals surface area contributed by atoms with Gasteiger partial charge in [0.2, 0.25) is 0 Å². The van der Waals surface area contributed by atoms with Crippen LogP contribution >= 0.6 is 0 Å². The van der Waals surface area contributed by atoms with Crippen LogP contribution in [0.2, 0.25) is 0 Å². The number of nitrogens with two attached hydrogens (primary N) is 1. The van der Waals surface area contributed by atoms with Crippen molar-refractivity contribution in [1.82, 2.24) is 0 Å². The molecule has 0 saturated heterocycles. The van der Waals surface area contributed by atoms with Crippen LogP contribution in [0.4, 0.5) is 13.2 Å². The van der Waals surface area contributed by atoms with Crippen LogP contribution in [0.5, 0.6) is 5.75 Å². The Kier molecular flexibility index (Phi) is 4.81. The molecule has 0 heterocycles. The Balaban J connectivity index is 1.94. The molecular formula is C16H22F3NO. The van der Waals surface area contributed by atoms with Crippen molar-refractivity contribution in [2.45, 2.75) is 57.3 Å². The lowest BCUT2D eigenvalue weighted by Crippen LogP contribution is -2.45. The lowest BCUT2D eigenvalue weighted by Gasteiger charge is -2.37. The molecule has 5 heteroatoms. The fourth-order valence-corrected chi connectivity index (χ4v) is 3.05. The van der Waals surface area contributed by atoms with Crippen molar-refractivity contribution in [1.29, 1.82) is 0 Å². The molecule has 0 unspecified atom stereocenters. The predicted octanol–water partition coefficient (Wildman–Crippen LogP) is 4.43. The van der Waals surface area contributed by atoms with Gasteiger partial charge in [-0.3, -0.25) is 0 Å². The first kappa shape index (κ1) is 16.1. The molecule has 1 aliphatic carbocycles. The van der Waals surface area contributed by atoms with E-state index in [1.54, 1.807) is 12.1 Å². The minimum atomic E-state index is -4.64. The molecule has 1 fully saturated rings. The third-order valence-electron chi connectivity index (χ3n) is 4.39. The lowest BCUT2D eigenvalue weighted by molar-refractivity contribution is -0.274. The first-order chi connectivity index (χ1) is 9.80. The van der Waals surface area contributed by atoms with E-state index >= 15 is 0 Å². The highest BCUT2D eigenvalue weighted by molar-refractivity contribution is 5.28. The molecule has 0 aliphatic heterocycles. The Morgan fingerprint density at radius 1 is 1.19 bits per heavy atom. The fourth-order valence-electron chi connectivity index (χ4n) is 3.05. The van der Waals surface area contributed by atoms with Gasteiger partial charge in [0.05, 0.1) is 0 Å². The second kappa shape index (κ2) is 6.26. The summed E-state index contributed by atoms with van der Waals surface area (Å²) in [5.41, 5.74) is 7.17. The molecule has 0 spiro atoms. The monoisotopic (exact) mass is 301 g/mol. The first-order valence-corrected chi connectivity index (χ1v) is 7.43. The molecule has 0 radical (unpaired) electrons.